The van der Waals surface area contributed by atoms with Gasteiger partial charge in [0.2, 0.25) is 17.7 Å². The molecule has 2 N–H and O–H groups in total. The molecule has 0 unspecified atom stereocenters. The van der Waals surface area contributed by atoms with Crippen molar-refractivity contribution in [1.29, 1.82) is 0 Å². The largest absolute Gasteiger partial charge is 0.354 e. The third kappa shape index (κ3) is 7.04. The highest BCUT2D eigenvalue weighted by atomic mass is 19.1. The van der Waals surface area contributed by atoms with Gasteiger partial charge in [-0.2, -0.15) is 0 Å². The van der Waals surface area contributed by atoms with Crippen LogP contribution in [0.1, 0.15) is 75.6 Å². The first-order valence-corrected chi connectivity index (χ1v) is 17.1. The van der Waals surface area contributed by atoms with Crippen molar-refractivity contribution in [3.8, 4) is 0 Å². The molecule has 246 valence electrons. The van der Waals surface area contributed by atoms with E-state index in [1.54, 1.807) is 0 Å². The van der Waals surface area contributed by atoms with Crippen molar-refractivity contribution in [2.24, 2.45) is 11.8 Å². The van der Waals surface area contributed by atoms with Crippen LogP contribution in [0.25, 0.3) is 0 Å². The zero-order valence-corrected chi connectivity index (χ0v) is 26.8. The summed E-state index contributed by atoms with van der Waals surface area (Å²) in [7, 11) is 0. The van der Waals surface area contributed by atoms with Gasteiger partial charge in [-0.1, -0.05) is 0 Å². The summed E-state index contributed by atoms with van der Waals surface area (Å²) in [5.41, 5.74) is 0.312. The number of rotatable bonds is 2. The Bertz CT molecular complexity index is 1250. The minimum Gasteiger partial charge on any atom is -0.354 e. The Morgan fingerprint density at radius 1 is 0.867 bits per heavy atom. The SMILES string of the molecule is CC(C)N1CC[C@H]2CC(=O)N3CCC(CC3)N3CCC[C@H]3C(=O)N[C@@H]3C[C@H](C(=O)NCC[C@H]2C1)N(C(=O)c1ccc(F)cc1)C3. The fraction of sp³-hybridized carbons (Fsp3) is 0.706. The fourth-order valence-electron chi connectivity index (χ4n) is 8.45. The molecular weight excluding hydrogens is 575 g/mol. The Balaban J connectivity index is 1.24. The smallest absolute Gasteiger partial charge is 0.254 e. The van der Waals surface area contributed by atoms with Crippen LogP contribution < -0.4 is 10.6 Å². The van der Waals surface area contributed by atoms with E-state index in [4.69, 9.17) is 0 Å². The summed E-state index contributed by atoms with van der Waals surface area (Å²) in [6, 6.07) is 4.70. The first-order valence-electron chi connectivity index (χ1n) is 17.1. The van der Waals surface area contributed by atoms with E-state index >= 15 is 0 Å². The summed E-state index contributed by atoms with van der Waals surface area (Å²) >= 11 is 0. The molecule has 6 heterocycles. The van der Waals surface area contributed by atoms with E-state index in [1.165, 1.54) is 29.2 Å². The van der Waals surface area contributed by atoms with Crippen molar-refractivity contribution in [1.82, 2.24) is 30.2 Å². The first-order chi connectivity index (χ1) is 21.7. The van der Waals surface area contributed by atoms with Gasteiger partial charge in [-0.15, -0.1) is 0 Å². The van der Waals surface area contributed by atoms with Crippen molar-refractivity contribution >= 4 is 23.6 Å². The molecule has 0 radical (unpaired) electrons. The van der Waals surface area contributed by atoms with Crippen molar-refractivity contribution in [3.63, 3.8) is 0 Å². The van der Waals surface area contributed by atoms with Crippen LogP contribution >= 0.6 is 0 Å². The van der Waals surface area contributed by atoms with Crippen LogP contribution in [0.5, 0.6) is 0 Å². The lowest BCUT2D eigenvalue weighted by molar-refractivity contribution is -0.136. The fourth-order valence-corrected chi connectivity index (χ4v) is 8.45. The van der Waals surface area contributed by atoms with E-state index < -0.39 is 11.9 Å². The number of likely N-dealkylation sites (tertiary alicyclic amines) is 2. The van der Waals surface area contributed by atoms with Crippen LogP contribution in [0.2, 0.25) is 0 Å². The van der Waals surface area contributed by atoms with Crippen LogP contribution in [-0.4, -0.2) is 119 Å². The average Bonchev–Trinajstić information content (AvgIpc) is 3.69. The lowest BCUT2D eigenvalue weighted by Crippen LogP contribution is -2.54. The van der Waals surface area contributed by atoms with Crippen LogP contribution in [0.3, 0.4) is 0 Å². The van der Waals surface area contributed by atoms with E-state index in [0.29, 0.717) is 31.0 Å². The Morgan fingerprint density at radius 2 is 1.62 bits per heavy atom. The molecule has 7 rings (SSSR count). The lowest BCUT2D eigenvalue weighted by Gasteiger charge is -2.42. The molecule has 1 aromatic carbocycles. The van der Waals surface area contributed by atoms with Crippen LogP contribution in [-0.2, 0) is 14.4 Å². The summed E-state index contributed by atoms with van der Waals surface area (Å²) < 4.78 is 13.6. The highest BCUT2D eigenvalue weighted by Gasteiger charge is 2.43. The van der Waals surface area contributed by atoms with E-state index in [9.17, 15) is 23.6 Å². The lowest BCUT2D eigenvalue weighted by atomic mass is 9.80. The highest BCUT2D eigenvalue weighted by molar-refractivity contribution is 5.98. The van der Waals surface area contributed by atoms with Gasteiger partial charge in [-0.25, -0.2) is 4.39 Å². The van der Waals surface area contributed by atoms with Gasteiger partial charge in [-0.05, 0) is 108 Å². The zero-order valence-electron chi connectivity index (χ0n) is 26.8. The molecule has 1 aromatic rings. The van der Waals surface area contributed by atoms with Crippen LogP contribution in [0.15, 0.2) is 24.3 Å². The molecule has 0 spiro atoms. The predicted octanol–water partition coefficient (Wildman–Crippen LogP) is 2.24. The van der Waals surface area contributed by atoms with Crippen LogP contribution in [0.4, 0.5) is 4.39 Å². The number of hydrogen-bond donors (Lipinski definition) is 2. The van der Waals surface area contributed by atoms with Crippen LogP contribution in [0, 0.1) is 17.7 Å². The predicted molar refractivity (Wildman–Crippen MR) is 168 cm³/mol. The Labute approximate surface area is 266 Å². The normalized spacial score (nSPS) is 32.4. The van der Waals surface area contributed by atoms with Crippen molar-refractivity contribution < 1.29 is 23.6 Å². The van der Waals surface area contributed by atoms with E-state index in [-0.39, 0.29) is 60.1 Å². The number of benzene rings is 1. The van der Waals surface area contributed by atoms with Gasteiger partial charge in [0.25, 0.3) is 5.91 Å². The third-order valence-electron chi connectivity index (χ3n) is 11.1. The second kappa shape index (κ2) is 13.7. The second-order valence-corrected chi connectivity index (χ2v) is 14.1. The van der Waals surface area contributed by atoms with Gasteiger partial charge in [0.05, 0.1) is 6.04 Å². The maximum atomic E-state index is 13.7. The molecule has 6 fully saturated rings. The molecule has 45 heavy (non-hydrogen) atoms. The number of nitrogens with one attached hydrogen (secondary N) is 2. The maximum Gasteiger partial charge on any atom is 0.254 e. The van der Waals surface area contributed by atoms with Gasteiger partial charge in [0.15, 0.2) is 0 Å². The molecule has 6 aliphatic heterocycles. The van der Waals surface area contributed by atoms with E-state index in [0.717, 1.165) is 71.2 Å². The van der Waals surface area contributed by atoms with Crippen molar-refractivity contribution in [2.75, 3.05) is 45.8 Å². The molecule has 0 saturated carbocycles. The topological polar surface area (TPSA) is 105 Å². The third-order valence-corrected chi connectivity index (χ3v) is 11.1. The number of carbonyl (C=O) groups is 4. The number of nitrogens with zero attached hydrogens (tertiary/aromatic N) is 4. The highest BCUT2D eigenvalue weighted by Crippen LogP contribution is 2.32. The summed E-state index contributed by atoms with van der Waals surface area (Å²) in [6.07, 6.45) is 6.04. The van der Waals surface area contributed by atoms with Crippen molar-refractivity contribution in [3.05, 3.63) is 35.6 Å². The van der Waals surface area contributed by atoms with Gasteiger partial charge in [0.1, 0.15) is 11.9 Å². The molecular formula is C34H49FN6O4. The number of hydrogen-bond acceptors (Lipinski definition) is 6. The number of carbonyl (C=O) groups excluding carboxylic acids is 4. The molecule has 4 amide bonds. The number of piperidine rings is 2. The summed E-state index contributed by atoms with van der Waals surface area (Å²) in [5.74, 6) is -0.297. The minimum absolute atomic E-state index is 0.0528. The first kappa shape index (κ1) is 31.9. The Hall–Kier alpha value is -3.05. The standard InChI is InChI=1S/C34H49FN6O4/c1-22(2)39-15-10-24-18-31(42)38-16-11-28(12-17-38)40-14-3-4-29(40)33(44)37-27-19-30(32(43)36-13-9-25(24)20-39)41(21-27)34(45)23-5-7-26(35)8-6-23/h5-8,22,24-25,27-30H,3-4,9-21H2,1-2H3,(H,36,43)(H,37,44)/t24-,25-,27+,29-,30+/m0/s1. The van der Waals surface area contributed by atoms with Gasteiger partial charge < -0.3 is 25.3 Å². The molecule has 5 atom stereocenters. The van der Waals surface area contributed by atoms with Crippen molar-refractivity contribution in [2.45, 2.75) is 95.4 Å². The number of amides is 4. The summed E-state index contributed by atoms with van der Waals surface area (Å²) in [4.78, 5) is 62.9. The van der Waals surface area contributed by atoms with E-state index in [1.807, 2.05) is 4.90 Å². The Morgan fingerprint density at radius 3 is 2.36 bits per heavy atom. The van der Waals surface area contributed by atoms with Gasteiger partial charge >= 0.3 is 0 Å². The molecule has 4 bridgehead atoms. The zero-order chi connectivity index (χ0) is 31.7. The second-order valence-electron chi connectivity index (χ2n) is 14.1. The minimum atomic E-state index is -0.742. The molecule has 0 aliphatic carbocycles. The number of fused-ring (bicyclic) bond motifs is 7. The monoisotopic (exact) mass is 624 g/mol. The molecule has 10 nitrogen and oxygen atoms in total. The van der Waals surface area contributed by atoms with Gasteiger partial charge in [-0.3, -0.25) is 24.1 Å². The summed E-state index contributed by atoms with van der Waals surface area (Å²) in [6.45, 7) is 9.27. The average molecular weight is 625 g/mol. The van der Waals surface area contributed by atoms with Gasteiger partial charge in [0, 0.05) is 62.8 Å². The maximum absolute atomic E-state index is 13.7. The quantitative estimate of drug-likeness (QED) is 0.523. The molecule has 6 aliphatic rings. The molecule has 11 heteroatoms. The molecule has 0 aromatic heterocycles. The van der Waals surface area contributed by atoms with E-state index in [2.05, 4.69) is 34.3 Å². The molecule has 6 saturated heterocycles. The number of halogens is 1. The Kier molecular flexibility index (Phi) is 9.75. The summed E-state index contributed by atoms with van der Waals surface area (Å²) in [5, 5.41) is 6.30.